The van der Waals surface area contributed by atoms with Crippen LogP contribution in [-0.2, 0) is 49.3 Å². The monoisotopic (exact) mass is 723 g/mol. The number of nitrogens with one attached hydrogen (secondary N) is 1. The summed E-state index contributed by atoms with van der Waals surface area (Å²) in [6.45, 7) is 14.2. The maximum absolute atomic E-state index is 12.9. The van der Waals surface area contributed by atoms with Gasteiger partial charge in [0.2, 0.25) is 5.91 Å². The SMILES string of the molecule is CCC(C)c1cc(OC)c([C@H]2C[C@@H](OC(C)=O)[C@H](OC(C)=O)[C@@H](COC(C)=O)O2)cc1Cc1ccc(/C=C/C(C)(C)C(=O)NC(C)(C)C(=O)O)cc1. The minimum absolute atomic E-state index is 0.162. The van der Waals surface area contributed by atoms with Crippen molar-refractivity contribution in [1.29, 1.82) is 0 Å². The lowest BCUT2D eigenvalue weighted by atomic mass is 9.85. The van der Waals surface area contributed by atoms with E-state index in [-0.39, 0.29) is 18.9 Å². The molecule has 0 bridgehead atoms. The molecule has 0 radical (unpaired) electrons. The quantitative estimate of drug-likeness (QED) is 0.162. The molecule has 0 saturated carbocycles. The van der Waals surface area contributed by atoms with Crippen LogP contribution in [-0.4, -0.2) is 72.5 Å². The van der Waals surface area contributed by atoms with Crippen molar-refractivity contribution in [2.75, 3.05) is 13.7 Å². The molecule has 1 aliphatic heterocycles. The Balaban J connectivity index is 1.97. The smallest absolute Gasteiger partial charge is 0.328 e. The third-order valence-electron chi connectivity index (χ3n) is 9.18. The fourth-order valence-electron chi connectivity index (χ4n) is 5.90. The van der Waals surface area contributed by atoms with Crippen molar-refractivity contribution >= 4 is 35.9 Å². The number of carboxylic acid groups (broad SMARTS) is 1. The summed E-state index contributed by atoms with van der Waals surface area (Å²) in [5.74, 6) is -2.42. The number of amides is 1. The number of hydrogen-bond donors (Lipinski definition) is 2. The molecule has 5 atom stereocenters. The third-order valence-corrected chi connectivity index (χ3v) is 9.18. The molecule has 2 N–H and O–H groups in total. The second-order valence-electron chi connectivity index (χ2n) is 14.4. The van der Waals surface area contributed by atoms with Gasteiger partial charge < -0.3 is 34.1 Å². The van der Waals surface area contributed by atoms with E-state index in [0.29, 0.717) is 17.7 Å². The van der Waals surface area contributed by atoms with Crippen molar-refractivity contribution < 1.29 is 52.8 Å². The zero-order valence-electron chi connectivity index (χ0n) is 31.9. The minimum Gasteiger partial charge on any atom is -0.496 e. The third kappa shape index (κ3) is 11.1. The normalized spacial score (nSPS) is 19.7. The Morgan fingerprint density at radius 1 is 0.981 bits per heavy atom. The van der Waals surface area contributed by atoms with E-state index in [2.05, 4.69) is 19.2 Å². The number of rotatable bonds is 15. The van der Waals surface area contributed by atoms with Crippen LogP contribution in [0.25, 0.3) is 6.08 Å². The standard InChI is InChI=1S/C40H53NO11/c1-11-23(2)30-20-32(48-10)31(33-21-34(50-25(4)43)36(51-26(5)44)35(52-33)22-49-24(3)42)19-29(30)18-28-14-12-27(13-15-28)16-17-39(6,7)37(45)41-40(8,9)38(46)47/h12-17,19-20,23,33-36H,11,18,21-22H2,1-10H3,(H,41,45)(H,46,47)/b17-16+/t23?,33-,34-,35-,36+/m1/s1. The summed E-state index contributed by atoms with van der Waals surface area (Å²) in [7, 11) is 1.58. The van der Waals surface area contributed by atoms with Gasteiger partial charge >= 0.3 is 23.9 Å². The van der Waals surface area contributed by atoms with Crippen LogP contribution >= 0.6 is 0 Å². The summed E-state index contributed by atoms with van der Waals surface area (Å²) >= 11 is 0. The fourth-order valence-corrected chi connectivity index (χ4v) is 5.90. The molecule has 12 nitrogen and oxygen atoms in total. The molecule has 3 rings (SSSR count). The Morgan fingerprint density at radius 3 is 2.15 bits per heavy atom. The van der Waals surface area contributed by atoms with Gasteiger partial charge in [0.15, 0.2) is 6.10 Å². The number of benzene rings is 2. The Bertz CT molecular complexity index is 1640. The number of methoxy groups -OCH3 is 1. The number of esters is 3. The van der Waals surface area contributed by atoms with Gasteiger partial charge in [0.1, 0.15) is 30.1 Å². The summed E-state index contributed by atoms with van der Waals surface area (Å²) in [6, 6.07) is 12.0. The maximum Gasteiger partial charge on any atom is 0.328 e. The average molecular weight is 724 g/mol. The highest BCUT2D eigenvalue weighted by Crippen LogP contribution is 2.42. The molecular weight excluding hydrogens is 670 g/mol. The van der Waals surface area contributed by atoms with Gasteiger partial charge in [-0.25, -0.2) is 4.79 Å². The van der Waals surface area contributed by atoms with Gasteiger partial charge in [0.05, 0.1) is 18.6 Å². The molecular formula is C40H53NO11. The van der Waals surface area contributed by atoms with Crippen molar-refractivity contribution in [1.82, 2.24) is 5.32 Å². The van der Waals surface area contributed by atoms with Crippen LogP contribution in [0.4, 0.5) is 0 Å². The first-order valence-electron chi connectivity index (χ1n) is 17.5. The lowest BCUT2D eigenvalue weighted by molar-refractivity contribution is -0.216. The molecule has 1 saturated heterocycles. The highest BCUT2D eigenvalue weighted by molar-refractivity contribution is 5.90. The van der Waals surface area contributed by atoms with E-state index in [4.69, 9.17) is 23.7 Å². The zero-order chi connectivity index (χ0) is 39.0. The molecule has 12 heteroatoms. The first-order valence-corrected chi connectivity index (χ1v) is 17.5. The summed E-state index contributed by atoms with van der Waals surface area (Å²) < 4.78 is 28.8. The first kappa shape index (κ1) is 41.7. The topological polar surface area (TPSA) is 164 Å². The second-order valence-corrected chi connectivity index (χ2v) is 14.4. The van der Waals surface area contributed by atoms with Crippen LogP contribution in [0.1, 0.15) is 115 Å². The lowest BCUT2D eigenvalue weighted by Gasteiger charge is -2.40. The van der Waals surface area contributed by atoms with Gasteiger partial charge in [-0.2, -0.15) is 0 Å². The van der Waals surface area contributed by atoms with Crippen LogP contribution in [0.3, 0.4) is 0 Å². The highest BCUT2D eigenvalue weighted by Gasteiger charge is 2.45. The van der Waals surface area contributed by atoms with Gasteiger partial charge in [-0.1, -0.05) is 50.3 Å². The number of carbonyl (C=O) groups is 5. The van der Waals surface area contributed by atoms with Crippen LogP contribution < -0.4 is 10.1 Å². The van der Waals surface area contributed by atoms with E-state index in [0.717, 1.165) is 28.7 Å². The van der Waals surface area contributed by atoms with Crippen molar-refractivity contribution in [3.63, 3.8) is 0 Å². The van der Waals surface area contributed by atoms with E-state index in [1.165, 1.54) is 34.6 Å². The van der Waals surface area contributed by atoms with E-state index in [1.807, 2.05) is 42.5 Å². The average Bonchev–Trinajstić information content (AvgIpc) is 3.06. The Hall–Kier alpha value is -4.71. The zero-order valence-corrected chi connectivity index (χ0v) is 31.9. The van der Waals surface area contributed by atoms with Gasteiger partial charge in [0, 0.05) is 32.8 Å². The predicted molar refractivity (Wildman–Crippen MR) is 194 cm³/mol. The van der Waals surface area contributed by atoms with Crippen molar-refractivity contribution in [2.45, 2.75) is 117 Å². The van der Waals surface area contributed by atoms with E-state index in [9.17, 15) is 29.1 Å². The fraction of sp³-hybridized carbons (Fsp3) is 0.525. The Labute approximate surface area is 306 Å². The van der Waals surface area contributed by atoms with E-state index in [1.54, 1.807) is 27.0 Å². The molecule has 2 aromatic rings. The summed E-state index contributed by atoms with van der Waals surface area (Å²) in [5.41, 5.74) is 2.40. The van der Waals surface area contributed by atoms with Crippen LogP contribution in [0.5, 0.6) is 5.75 Å². The largest absolute Gasteiger partial charge is 0.496 e. The molecule has 0 aliphatic carbocycles. The molecule has 1 unspecified atom stereocenters. The Kier molecular flexibility index (Phi) is 14.2. The van der Waals surface area contributed by atoms with E-state index >= 15 is 0 Å². The number of hydrogen-bond acceptors (Lipinski definition) is 10. The van der Waals surface area contributed by atoms with Gasteiger partial charge in [-0.15, -0.1) is 0 Å². The maximum atomic E-state index is 12.9. The molecule has 1 aliphatic rings. The number of aliphatic carboxylic acids is 1. The van der Waals surface area contributed by atoms with E-state index < -0.39 is 65.2 Å². The van der Waals surface area contributed by atoms with Crippen molar-refractivity contribution in [2.24, 2.45) is 5.41 Å². The highest BCUT2D eigenvalue weighted by atomic mass is 16.6. The number of carbonyl (C=O) groups excluding carboxylic acids is 4. The van der Waals surface area contributed by atoms with Gasteiger partial charge in [-0.05, 0) is 80.8 Å². The molecule has 1 heterocycles. The summed E-state index contributed by atoms with van der Waals surface area (Å²) in [6.07, 6.45) is 1.76. The number of carboxylic acids is 1. The molecule has 0 aromatic heterocycles. The van der Waals surface area contributed by atoms with Crippen molar-refractivity contribution in [3.8, 4) is 5.75 Å². The molecule has 1 amide bonds. The van der Waals surface area contributed by atoms with Gasteiger partial charge in [0.25, 0.3) is 0 Å². The molecule has 52 heavy (non-hydrogen) atoms. The van der Waals surface area contributed by atoms with Crippen LogP contribution in [0, 0.1) is 5.41 Å². The molecule has 1 fully saturated rings. The predicted octanol–water partition coefficient (Wildman–Crippen LogP) is 6.07. The minimum atomic E-state index is -1.40. The summed E-state index contributed by atoms with van der Waals surface area (Å²) in [5, 5.41) is 12.0. The van der Waals surface area contributed by atoms with Crippen LogP contribution in [0.2, 0.25) is 0 Å². The molecule has 284 valence electrons. The van der Waals surface area contributed by atoms with Gasteiger partial charge in [-0.3, -0.25) is 19.2 Å². The van der Waals surface area contributed by atoms with Crippen LogP contribution in [0.15, 0.2) is 42.5 Å². The molecule has 0 spiro atoms. The first-order chi connectivity index (χ1) is 24.3. The number of ether oxygens (including phenoxy) is 5. The molecule has 2 aromatic carbocycles. The Morgan fingerprint density at radius 2 is 1.62 bits per heavy atom. The summed E-state index contributed by atoms with van der Waals surface area (Å²) in [4.78, 5) is 60.3. The lowest BCUT2D eigenvalue weighted by Crippen LogP contribution is -2.53. The second kappa shape index (κ2) is 17.7. The van der Waals surface area contributed by atoms with Crippen molar-refractivity contribution in [3.05, 3.63) is 70.3 Å².